The molecule has 0 aliphatic rings. The summed E-state index contributed by atoms with van der Waals surface area (Å²) in [6.07, 6.45) is 1.12. The fourth-order valence-electron chi connectivity index (χ4n) is 2.82. The lowest BCUT2D eigenvalue weighted by Gasteiger charge is -2.29. The van der Waals surface area contributed by atoms with Crippen LogP contribution in [0.1, 0.15) is 24.2 Å². The number of aliphatic hydroxyl groups excluding tert-OH is 1. The predicted octanol–water partition coefficient (Wildman–Crippen LogP) is 3.31. The average Bonchev–Trinajstić information content (AvgIpc) is 2.72. The lowest BCUT2D eigenvalue weighted by Crippen LogP contribution is -2.36. The second-order valence-corrected chi connectivity index (χ2v) is 6.45. The zero-order valence-electron chi connectivity index (χ0n) is 16.3. The highest BCUT2D eigenvalue weighted by molar-refractivity contribution is 5.94. The topological polar surface area (TPSA) is 59.0 Å². The number of esters is 1. The number of nitrogens with zero attached hydrogens (tertiary/aromatic N) is 1. The molecular weight excluding hydrogens is 342 g/mol. The Balaban J connectivity index is 2.19. The molecule has 2 aromatic rings. The first-order valence-corrected chi connectivity index (χ1v) is 8.82. The number of carbonyl (C=O) groups is 1. The van der Waals surface area contributed by atoms with Gasteiger partial charge >= 0.3 is 5.97 Å². The largest absolute Gasteiger partial charge is 0.497 e. The van der Waals surface area contributed by atoms with Crippen LogP contribution in [-0.2, 0) is 9.53 Å². The Morgan fingerprint density at radius 2 is 1.85 bits per heavy atom. The van der Waals surface area contributed by atoms with Crippen molar-refractivity contribution in [2.75, 3.05) is 27.8 Å². The molecule has 1 N–H and O–H groups in total. The van der Waals surface area contributed by atoms with Gasteiger partial charge in [0.1, 0.15) is 5.75 Å². The maximum absolute atomic E-state index is 12.3. The third kappa shape index (κ3) is 5.67. The van der Waals surface area contributed by atoms with E-state index in [2.05, 4.69) is 0 Å². The zero-order valence-corrected chi connectivity index (χ0v) is 16.3. The normalized spacial score (nSPS) is 13.9. The van der Waals surface area contributed by atoms with E-state index in [-0.39, 0.29) is 6.04 Å². The maximum Gasteiger partial charge on any atom is 0.335 e. The molecule has 2 atom stereocenters. The Bertz CT molecular complexity index is 773. The van der Waals surface area contributed by atoms with Crippen molar-refractivity contribution in [2.24, 2.45) is 0 Å². The van der Waals surface area contributed by atoms with Crippen molar-refractivity contribution in [1.82, 2.24) is 4.90 Å². The van der Waals surface area contributed by atoms with E-state index < -0.39 is 12.1 Å². The van der Waals surface area contributed by atoms with E-state index >= 15 is 0 Å². The van der Waals surface area contributed by atoms with E-state index in [0.717, 1.165) is 11.1 Å². The maximum atomic E-state index is 12.3. The quantitative estimate of drug-likeness (QED) is 0.571. The highest BCUT2D eigenvalue weighted by Crippen LogP contribution is 2.22. The second-order valence-electron chi connectivity index (χ2n) is 6.45. The molecule has 0 saturated carbocycles. The number of hydrogen-bond acceptors (Lipinski definition) is 5. The summed E-state index contributed by atoms with van der Waals surface area (Å²) < 4.78 is 10.2. The van der Waals surface area contributed by atoms with Gasteiger partial charge in [-0.1, -0.05) is 42.5 Å². The Hall–Kier alpha value is -2.63. The van der Waals surface area contributed by atoms with Gasteiger partial charge < -0.3 is 14.6 Å². The lowest BCUT2D eigenvalue weighted by molar-refractivity contribution is -0.136. The highest BCUT2D eigenvalue weighted by Gasteiger charge is 2.23. The lowest BCUT2D eigenvalue weighted by atomic mass is 10.0. The van der Waals surface area contributed by atoms with Crippen LogP contribution in [0.3, 0.4) is 0 Å². The van der Waals surface area contributed by atoms with Gasteiger partial charge in [-0.05, 0) is 43.3 Å². The van der Waals surface area contributed by atoms with Gasteiger partial charge in [0.05, 0.1) is 25.9 Å². The Labute approximate surface area is 160 Å². The second kappa shape index (κ2) is 9.90. The summed E-state index contributed by atoms with van der Waals surface area (Å²) in [5.74, 6) is 0.320. The van der Waals surface area contributed by atoms with Crippen molar-refractivity contribution in [3.8, 4) is 5.75 Å². The number of rotatable bonds is 8. The smallest absolute Gasteiger partial charge is 0.335 e. The Kier molecular flexibility index (Phi) is 7.58. The van der Waals surface area contributed by atoms with Crippen molar-refractivity contribution in [1.29, 1.82) is 0 Å². The molecule has 0 fully saturated rings. The van der Waals surface area contributed by atoms with Crippen LogP contribution in [0.2, 0.25) is 0 Å². The first-order chi connectivity index (χ1) is 13.0. The molecule has 5 nitrogen and oxygen atoms in total. The van der Waals surface area contributed by atoms with Crippen LogP contribution in [0.5, 0.6) is 5.75 Å². The number of methoxy groups -OCH3 is 2. The summed E-state index contributed by atoms with van der Waals surface area (Å²) in [6.45, 7) is 2.27. The van der Waals surface area contributed by atoms with Gasteiger partial charge in [0, 0.05) is 12.6 Å². The first-order valence-electron chi connectivity index (χ1n) is 8.82. The molecule has 27 heavy (non-hydrogen) atoms. The standard InChI is InChI=1S/C22H27NO4/c1-16(21(24)18-10-6-5-7-11-18)23(2)15-19(22(25)27-4)13-17-9-8-12-20(14-17)26-3/h5-14,16,21,24H,15H2,1-4H3/b19-13+/t16-,21-/m0/s1. The van der Waals surface area contributed by atoms with Crippen molar-refractivity contribution in [2.45, 2.75) is 19.1 Å². The van der Waals surface area contributed by atoms with E-state index in [1.165, 1.54) is 7.11 Å². The molecule has 0 aliphatic carbocycles. The summed E-state index contributed by atoms with van der Waals surface area (Å²) >= 11 is 0. The fraction of sp³-hybridized carbons (Fsp3) is 0.318. The summed E-state index contributed by atoms with van der Waals surface area (Å²) in [4.78, 5) is 14.2. The van der Waals surface area contributed by atoms with Crippen LogP contribution in [-0.4, -0.2) is 49.8 Å². The fourth-order valence-corrected chi connectivity index (χ4v) is 2.82. The molecule has 144 valence electrons. The van der Waals surface area contributed by atoms with E-state index in [1.807, 2.05) is 73.5 Å². The van der Waals surface area contributed by atoms with E-state index in [4.69, 9.17) is 9.47 Å². The van der Waals surface area contributed by atoms with Crippen molar-refractivity contribution >= 4 is 12.0 Å². The Morgan fingerprint density at radius 1 is 1.15 bits per heavy atom. The Morgan fingerprint density at radius 3 is 2.48 bits per heavy atom. The third-order valence-corrected chi connectivity index (χ3v) is 4.60. The van der Waals surface area contributed by atoms with Gasteiger partial charge in [0.15, 0.2) is 0 Å². The molecule has 0 saturated heterocycles. The van der Waals surface area contributed by atoms with E-state index in [9.17, 15) is 9.90 Å². The summed E-state index contributed by atoms with van der Waals surface area (Å²) in [6, 6.07) is 16.8. The first kappa shape index (κ1) is 20.7. The number of hydrogen-bond donors (Lipinski definition) is 1. The van der Waals surface area contributed by atoms with Crippen LogP contribution < -0.4 is 4.74 Å². The van der Waals surface area contributed by atoms with Crippen molar-refractivity contribution in [3.05, 3.63) is 71.3 Å². The van der Waals surface area contributed by atoms with Crippen LogP contribution in [0.15, 0.2) is 60.2 Å². The summed E-state index contributed by atoms with van der Waals surface area (Å²) in [5, 5.41) is 10.6. The molecule has 0 bridgehead atoms. The van der Waals surface area contributed by atoms with Gasteiger partial charge in [-0.3, -0.25) is 4.90 Å². The van der Waals surface area contributed by atoms with Gasteiger partial charge in [0.2, 0.25) is 0 Å². The number of carbonyl (C=O) groups excluding carboxylic acids is 1. The van der Waals surface area contributed by atoms with Gasteiger partial charge in [-0.25, -0.2) is 4.79 Å². The minimum absolute atomic E-state index is 0.189. The molecule has 2 rings (SSSR count). The molecule has 0 aromatic heterocycles. The minimum Gasteiger partial charge on any atom is -0.497 e. The average molecular weight is 369 g/mol. The van der Waals surface area contributed by atoms with Crippen LogP contribution >= 0.6 is 0 Å². The monoisotopic (exact) mass is 369 g/mol. The summed E-state index contributed by atoms with van der Waals surface area (Å²) in [5.41, 5.74) is 2.19. The van der Waals surface area contributed by atoms with Crippen LogP contribution in [0.25, 0.3) is 6.08 Å². The van der Waals surface area contributed by atoms with Gasteiger partial charge in [0.25, 0.3) is 0 Å². The molecule has 5 heteroatoms. The van der Waals surface area contributed by atoms with Gasteiger partial charge in [-0.2, -0.15) is 0 Å². The van der Waals surface area contributed by atoms with Crippen molar-refractivity contribution < 1.29 is 19.4 Å². The highest BCUT2D eigenvalue weighted by atomic mass is 16.5. The molecule has 0 unspecified atom stereocenters. The number of ether oxygens (including phenoxy) is 2. The van der Waals surface area contributed by atoms with E-state index in [1.54, 1.807) is 13.2 Å². The molecule has 2 aromatic carbocycles. The molecular formula is C22H27NO4. The number of benzene rings is 2. The number of aliphatic hydroxyl groups is 1. The SMILES string of the molecule is COC(=O)/C(=C/c1cccc(OC)c1)CN(C)[C@@H](C)[C@H](O)c1ccccc1. The molecule has 0 spiro atoms. The predicted molar refractivity (Wildman–Crippen MR) is 106 cm³/mol. The molecule has 0 aliphatic heterocycles. The van der Waals surface area contributed by atoms with Gasteiger partial charge in [-0.15, -0.1) is 0 Å². The number of likely N-dealkylation sites (N-methyl/N-ethyl adjacent to an activating group) is 1. The van der Waals surface area contributed by atoms with E-state index in [0.29, 0.717) is 17.9 Å². The zero-order chi connectivity index (χ0) is 19.8. The van der Waals surface area contributed by atoms with Crippen molar-refractivity contribution in [3.63, 3.8) is 0 Å². The van der Waals surface area contributed by atoms with Crippen LogP contribution in [0, 0.1) is 0 Å². The molecule has 0 amide bonds. The molecule has 0 heterocycles. The summed E-state index contributed by atoms with van der Waals surface area (Å²) in [7, 11) is 4.84. The third-order valence-electron chi connectivity index (χ3n) is 4.60. The van der Waals surface area contributed by atoms with Crippen LogP contribution in [0.4, 0.5) is 0 Å². The molecule has 0 radical (unpaired) electrons. The minimum atomic E-state index is -0.660.